The summed E-state index contributed by atoms with van der Waals surface area (Å²) in [5, 5.41) is 2.88. The molecular formula is C20H26N2O3S. The molecule has 5 nitrogen and oxygen atoms in total. The summed E-state index contributed by atoms with van der Waals surface area (Å²) in [6.07, 6.45) is 7.53. The Morgan fingerprint density at radius 1 is 1.08 bits per heavy atom. The van der Waals surface area contributed by atoms with E-state index >= 15 is 0 Å². The van der Waals surface area contributed by atoms with Crippen molar-refractivity contribution < 1.29 is 13.2 Å². The SMILES string of the molecule is C=CC(=O)NC1C2CN(S(=O)(=O)c3ccc(C4CCCCC4)cc3)CC21. The van der Waals surface area contributed by atoms with Gasteiger partial charge in [-0.2, -0.15) is 4.31 Å². The van der Waals surface area contributed by atoms with Crippen LogP contribution in [0.25, 0.3) is 0 Å². The third-order valence-electron chi connectivity index (χ3n) is 6.25. The normalized spacial score (nSPS) is 29.2. The molecule has 1 aliphatic heterocycles. The number of carbonyl (C=O) groups excluding carboxylic acids is 1. The van der Waals surface area contributed by atoms with Gasteiger partial charge in [-0.05, 0) is 54.4 Å². The molecule has 1 aromatic carbocycles. The molecule has 1 heterocycles. The minimum atomic E-state index is -3.45. The highest BCUT2D eigenvalue weighted by Gasteiger charge is 2.58. The zero-order valence-corrected chi connectivity index (χ0v) is 15.7. The van der Waals surface area contributed by atoms with Crippen LogP contribution in [-0.4, -0.2) is 37.8 Å². The topological polar surface area (TPSA) is 66.5 Å². The second-order valence-electron chi connectivity index (χ2n) is 7.79. The van der Waals surface area contributed by atoms with Crippen LogP contribution in [-0.2, 0) is 14.8 Å². The number of benzene rings is 1. The second-order valence-corrected chi connectivity index (χ2v) is 9.73. The molecule has 0 radical (unpaired) electrons. The van der Waals surface area contributed by atoms with Crippen LogP contribution in [0.4, 0.5) is 0 Å². The van der Waals surface area contributed by atoms with Crippen molar-refractivity contribution in [3.8, 4) is 0 Å². The monoisotopic (exact) mass is 374 g/mol. The van der Waals surface area contributed by atoms with Crippen LogP contribution < -0.4 is 5.32 Å². The summed E-state index contributed by atoms with van der Waals surface area (Å²) in [6, 6.07) is 7.61. The number of sulfonamides is 1. The minimum Gasteiger partial charge on any atom is -0.349 e. The van der Waals surface area contributed by atoms with E-state index < -0.39 is 10.0 Å². The predicted molar refractivity (Wildman–Crippen MR) is 100 cm³/mol. The Balaban J connectivity index is 1.40. The first-order chi connectivity index (χ1) is 12.5. The van der Waals surface area contributed by atoms with Gasteiger partial charge in [-0.15, -0.1) is 0 Å². The molecule has 0 spiro atoms. The summed E-state index contributed by atoms with van der Waals surface area (Å²) in [7, 11) is -3.45. The molecule has 2 unspecified atom stereocenters. The van der Waals surface area contributed by atoms with E-state index in [0.717, 1.165) is 0 Å². The summed E-state index contributed by atoms with van der Waals surface area (Å²) in [5.41, 5.74) is 1.26. The Bertz CT molecular complexity index is 785. The molecular weight excluding hydrogens is 348 g/mol. The van der Waals surface area contributed by atoms with Crippen molar-refractivity contribution in [2.24, 2.45) is 11.8 Å². The first kappa shape index (κ1) is 17.7. The Kier molecular flexibility index (Phi) is 4.65. The Labute approximate surface area is 155 Å². The molecule has 0 bridgehead atoms. The first-order valence-corrected chi connectivity index (χ1v) is 11.0. The average molecular weight is 375 g/mol. The molecule has 1 N–H and O–H groups in total. The zero-order chi connectivity index (χ0) is 18.3. The molecule has 0 aromatic heterocycles. The van der Waals surface area contributed by atoms with Gasteiger partial charge in [-0.3, -0.25) is 4.79 Å². The summed E-state index contributed by atoms with van der Waals surface area (Å²) in [5.74, 6) is 0.858. The Morgan fingerprint density at radius 2 is 1.69 bits per heavy atom. The average Bonchev–Trinajstić information content (AvgIpc) is 3.10. The summed E-state index contributed by atoms with van der Waals surface area (Å²) < 4.78 is 27.4. The van der Waals surface area contributed by atoms with E-state index in [-0.39, 0.29) is 23.8 Å². The van der Waals surface area contributed by atoms with Gasteiger partial charge < -0.3 is 5.32 Å². The Hall–Kier alpha value is -1.66. The van der Waals surface area contributed by atoms with Gasteiger partial charge in [0.05, 0.1) is 4.90 Å². The highest BCUT2D eigenvalue weighted by Crippen LogP contribution is 2.47. The van der Waals surface area contributed by atoms with E-state index in [1.165, 1.54) is 43.7 Å². The van der Waals surface area contributed by atoms with Crippen molar-refractivity contribution in [2.45, 2.75) is 49.0 Å². The number of carbonyl (C=O) groups is 1. The summed E-state index contributed by atoms with van der Waals surface area (Å²) in [6.45, 7) is 4.42. The molecule has 6 heteroatoms. The summed E-state index contributed by atoms with van der Waals surface area (Å²) in [4.78, 5) is 11.8. The highest BCUT2D eigenvalue weighted by atomic mass is 32.2. The van der Waals surface area contributed by atoms with Crippen molar-refractivity contribution >= 4 is 15.9 Å². The molecule has 4 rings (SSSR count). The molecule has 1 aromatic rings. The van der Waals surface area contributed by atoms with E-state index in [1.807, 2.05) is 12.1 Å². The van der Waals surface area contributed by atoms with E-state index in [9.17, 15) is 13.2 Å². The molecule has 1 amide bonds. The van der Waals surface area contributed by atoms with Gasteiger partial charge in [0.15, 0.2) is 0 Å². The number of amides is 1. The lowest BCUT2D eigenvalue weighted by Crippen LogP contribution is -2.36. The molecule has 1 saturated heterocycles. The molecule has 140 valence electrons. The van der Waals surface area contributed by atoms with Gasteiger partial charge in [-0.25, -0.2) is 8.42 Å². The van der Waals surface area contributed by atoms with Gasteiger partial charge in [0.2, 0.25) is 15.9 Å². The van der Waals surface area contributed by atoms with Gasteiger partial charge in [0, 0.05) is 19.1 Å². The molecule has 3 aliphatic rings. The van der Waals surface area contributed by atoms with Crippen LogP contribution in [0.15, 0.2) is 41.8 Å². The maximum Gasteiger partial charge on any atom is 0.243 e. The number of nitrogens with one attached hydrogen (secondary N) is 1. The number of rotatable bonds is 5. The van der Waals surface area contributed by atoms with E-state index in [4.69, 9.17) is 0 Å². The van der Waals surface area contributed by atoms with Crippen LogP contribution in [0.2, 0.25) is 0 Å². The molecule has 2 saturated carbocycles. The third kappa shape index (κ3) is 3.21. The predicted octanol–water partition coefficient (Wildman–Crippen LogP) is 2.66. The van der Waals surface area contributed by atoms with Crippen LogP contribution >= 0.6 is 0 Å². The highest BCUT2D eigenvalue weighted by molar-refractivity contribution is 7.89. The van der Waals surface area contributed by atoms with Crippen molar-refractivity contribution in [3.63, 3.8) is 0 Å². The van der Waals surface area contributed by atoms with Gasteiger partial charge >= 0.3 is 0 Å². The third-order valence-corrected chi connectivity index (χ3v) is 8.10. The van der Waals surface area contributed by atoms with Crippen molar-refractivity contribution in [1.29, 1.82) is 0 Å². The van der Waals surface area contributed by atoms with Crippen LogP contribution in [0.3, 0.4) is 0 Å². The standard InChI is InChI=1S/C20H26N2O3S/c1-2-19(23)21-20-17-12-22(13-18(17)20)26(24,25)16-10-8-15(9-11-16)14-6-4-3-5-7-14/h2,8-11,14,17-18,20H,1,3-7,12-13H2,(H,21,23). The van der Waals surface area contributed by atoms with E-state index in [1.54, 1.807) is 16.4 Å². The van der Waals surface area contributed by atoms with E-state index in [2.05, 4.69) is 11.9 Å². The first-order valence-electron chi connectivity index (χ1n) is 9.54. The smallest absolute Gasteiger partial charge is 0.243 e. The number of nitrogens with zero attached hydrogens (tertiary/aromatic N) is 1. The number of fused-ring (bicyclic) bond motifs is 1. The summed E-state index contributed by atoms with van der Waals surface area (Å²) >= 11 is 0. The zero-order valence-electron chi connectivity index (χ0n) is 14.9. The van der Waals surface area contributed by atoms with Gasteiger partial charge in [0.25, 0.3) is 0 Å². The molecule has 2 aliphatic carbocycles. The maximum atomic E-state index is 12.9. The lowest BCUT2D eigenvalue weighted by Gasteiger charge is -2.23. The van der Waals surface area contributed by atoms with Crippen LogP contribution in [0.1, 0.15) is 43.6 Å². The number of hydrogen-bond donors (Lipinski definition) is 1. The van der Waals surface area contributed by atoms with Crippen molar-refractivity contribution in [1.82, 2.24) is 9.62 Å². The lowest BCUT2D eigenvalue weighted by molar-refractivity contribution is -0.116. The van der Waals surface area contributed by atoms with Crippen molar-refractivity contribution in [2.75, 3.05) is 13.1 Å². The second kappa shape index (κ2) is 6.82. The van der Waals surface area contributed by atoms with Crippen LogP contribution in [0, 0.1) is 11.8 Å². The molecule has 3 fully saturated rings. The number of hydrogen-bond acceptors (Lipinski definition) is 3. The number of piperidine rings is 1. The quantitative estimate of drug-likeness (QED) is 0.806. The fourth-order valence-corrected chi connectivity index (χ4v) is 6.13. The molecule has 26 heavy (non-hydrogen) atoms. The largest absolute Gasteiger partial charge is 0.349 e. The maximum absolute atomic E-state index is 12.9. The Morgan fingerprint density at radius 3 is 2.27 bits per heavy atom. The molecule has 2 atom stereocenters. The van der Waals surface area contributed by atoms with Crippen molar-refractivity contribution in [3.05, 3.63) is 42.5 Å². The minimum absolute atomic E-state index is 0.0978. The van der Waals surface area contributed by atoms with Gasteiger partial charge in [-0.1, -0.05) is 38.0 Å². The fraction of sp³-hybridized carbons (Fsp3) is 0.550. The van der Waals surface area contributed by atoms with E-state index in [0.29, 0.717) is 23.9 Å². The van der Waals surface area contributed by atoms with Gasteiger partial charge in [0.1, 0.15) is 0 Å². The van der Waals surface area contributed by atoms with Crippen LogP contribution in [0.5, 0.6) is 0 Å². The lowest BCUT2D eigenvalue weighted by atomic mass is 9.84. The fourth-order valence-electron chi connectivity index (χ4n) is 4.62.